The van der Waals surface area contributed by atoms with Crippen molar-refractivity contribution in [3.05, 3.63) is 51.5 Å². The summed E-state index contributed by atoms with van der Waals surface area (Å²) in [5.74, 6) is -0.422. The number of halogens is 3. The standard InChI is InChI=1S/C18H14Cl3N3O3/c1-2-24-14-5-3-10(19)7-12(14)17(18(24)26)23-22-16(25)9-27-15-6-4-11(20)8-13(15)21/h3-8,26H,2,9H2,1H3. The van der Waals surface area contributed by atoms with E-state index in [0.29, 0.717) is 27.7 Å². The molecule has 0 saturated heterocycles. The summed E-state index contributed by atoms with van der Waals surface area (Å²) in [6.07, 6.45) is 0. The third kappa shape index (κ3) is 4.18. The number of rotatable bonds is 5. The summed E-state index contributed by atoms with van der Waals surface area (Å²) in [5, 5.41) is 19.7. The van der Waals surface area contributed by atoms with Gasteiger partial charge in [0.15, 0.2) is 12.3 Å². The number of benzene rings is 2. The predicted octanol–water partition coefficient (Wildman–Crippen LogP) is 6.02. The summed E-state index contributed by atoms with van der Waals surface area (Å²) < 4.78 is 6.97. The zero-order chi connectivity index (χ0) is 19.6. The van der Waals surface area contributed by atoms with Crippen LogP contribution in [0, 0.1) is 0 Å². The van der Waals surface area contributed by atoms with Crippen LogP contribution in [0.25, 0.3) is 10.9 Å². The molecule has 6 nitrogen and oxygen atoms in total. The Hall–Kier alpha value is -2.28. The van der Waals surface area contributed by atoms with Crippen molar-refractivity contribution in [2.24, 2.45) is 10.2 Å². The highest BCUT2D eigenvalue weighted by Crippen LogP contribution is 2.40. The van der Waals surface area contributed by atoms with Gasteiger partial charge in [-0.1, -0.05) is 34.8 Å². The van der Waals surface area contributed by atoms with Crippen molar-refractivity contribution in [2.75, 3.05) is 6.61 Å². The van der Waals surface area contributed by atoms with Crippen molar-refractivity contribution in [3.63, 3.8) is 0 Å². The summed E-state index contributed by atoms with van der Waals surface area (Å²) in [6.45, 7) is 2.04. The summed E-state index contributed by atoms with van der Waals surface area (Å²) in [4.78, 5) is 12.0. The van der Waals surface area contributed by atoms with Gasteiger partial charge in [0.1, 0.15) is 5.75 Å². The number of carbonyl (C=O) groups excluding carboxylic acids is 1. The van der Waals surface area contributed by atoms with Gasteiger partial charge in [0.25, 0.3) is 0 Å². The van der Waals surface area contributed by atoms with E-state index >= 15 is 0 Å². The molecule has 0 fully saturated rings. The van der Waals surface area contributed by atoms with Gasteiger partial charge in [0.2, 0.25) is 5.88 Å². The van der Waals surface area contributed by atoms with E-state index in [1.165, 1.54) is 6.07 Å². The van der Waals surface area contributed by atoms with Crippen molar-refractivity contribution in [3.8, 4) is 11.6 Å². The second-order valence-electron chi connectivity index (χ2n) is 5.54. The quantitative estimate of drug-likeness (QED) is 0.507. The molecule has 1 amide bonds. The van der Waals surface area contributed by atoms with Crippen molar-refractivity contribution in [1.82, 2.24) is 4.57 Å². The minimum atomic E-state index is -0.639. The highest BCUT2D eigenvalue weighted by Gasteiger charge is 2.16. The SMILES string of the molecule is CCn1c(O)c(N=NC(=O)COc2ccc(Cl)cc2Cl)c2cc(Cl)ccc21. The fourth-order valence-corrected chi connectivity index (χ4v) is 3.22. The van der Waals surface area contributed by atoms with Gasteiger partial charge in [-0.2, -0.15) is 0 Å². The Morgan fingerprint density at radius 2 is 1.85 bits per heavy atom. The van der Waals surface area contributed by atoms with E-state index in [0.717, 1.165) is 5.52 Å². The predicted molar refractivity (Wildman–Crippen MR) is 106 cm³/mol. The van der Waals surface area contributed by atoms with Crippen LogP contribution in [-0.4, -0.2) is 22.2 Å². The molecule has 3 rings (SSSR count). The van der Waals surface area contributed by atoms with E-state index in [4.69, 9.17) is 39.5 Å². The zero-order valence-electron chi connectivity index (χ0n) is 14.1. The number of aromatic nitrogens is 1. The molecule has 1 aromatic heterocycles. The van der Waals surface area contributed by atoms with Crippen LogP contribution in [0.15, 0.2) is 46.6 Å². The first-order valence-corrected chi connectivity index (χ1v) is 9.07. The molecule has 0 radical (unpaired) electrons. The first-order chi connectivity index (χ1) is 12.9. The van der Waals surface area contributed by atoms with Gasteiger partial charge in [0.05, 0.1) is 10.5 Å². The van der Waals surface area contributed by atoms with Crippen LogP contribution in [0.1, 0.15) is 6.92 Å². The molecule has 0 unspecified atom stereocenters. The van der Waals surface area contributed by atoms with Crippen LogP contribution < -0.4 is 4.74 Å². The van der Waals surface area contributed by atoms with Gasteiger partial charge in [-0.15, -0.1) is 10.2 Å². The molecule has 3 aromatic rings. The van der Waals surface area contributed by atoms with Gasteiger partial charge in [-0.25, -0.2) is 0 Å². The van der Waals surface area contributed by atoms with E-state index in [-0.39, 0.29) is 23.2 Å². The van der Waals surface area contributed by atoms with Crippen LogP contribution in [-0.2, 0) is 11.3 Å². The zero-order valence-corrected chi connectivity index (χ0v) is 16.4. The number of hydrogen-bond donors (Lipinski definition) is 1. The van der Waals surface area contributed by atoms with Crippen LogP contribution in [0.5, 0.6) is 11.6 Å². The van der Waals surface area contributed by atoms with Crippen molar-refractivity contribution in [1.29, 1.82) is 0 Å². The highest BCUT2D eigenvalue weighted by atomic mass is 35.5. The largest absolute Gasteiger partial charge is 0.493 e. The molecule has 0 spiro atoms. The van der Waals surface area contributed by atoms with Gasteiger partial charge >= 0.3 is 5.91 Å². The van der Waals surface area contributed by atoms with Gasteiger partial charge in [-0.3, -0.25) is 4.79 Å². The average molecular weight is 427 g/mol. The molecule has 0 saturated carbocycles. The van der Waals surface area contributed by atoms with Crippen LogP contribution in [0.3, 0.4) is 0 Å². The number of ether oxygens (including phenoxy) is 1. The van der Waals surface area contributed by atoms with E-state index < -0.39 is 5.91 Å². The maximum Gasteiger partial charge on any atom is 0.302 e. The van der Waals surface area contributed by atoms with Crippen molar-refractivity contribution >= 4 is 57.3 Å². The second-order valence-corrected chi connectivity index (χ2v) is 6.82. The third-order valence-electron chi connectivity index (χ3n) is 3.79. The lowest BCUT2D eigenvalue weighted by molar-refractivity contribution is -0.120. The number of nitrogens with zero attached hydrogens (tertiary/aromatic N) is 3. The fourth-order valence-electron chi connectivity index (χ4n) is 2.58. The van der Waals surface area contributed by atoms with E-state index in [9.17, 15) is 9.90 Å². The highest BCUT2D eigenvalue weighted by molar-refractivity contribution is 6.35. The average Bonchev–Trinajstić information content (AvgIpc) is 2.89. The maximum atomic E-state index is 12.0. The number of amides is 1. The molecule has 0 aliphatic carbocycles. The summed E-state index contributed by atoms with van der Waals surface area (Å²) >= 11 is 17.8. The van der Waals surface area contributed by atoms with Crippen molar-refractivity contribution in [2.45, 2.75) is 13.5 Å². The minimum Gasteiger partial charge on any atom is -0.493 e. The van der Waals surface area contributed by atoms with Crippen LogP contribution >= 0.6 is 34.8 Å². The Morgan fingerprint density at radius 3 is 2.56 bits per heavy atom. The third-order valence-corrected chi connectivity index (χ3v) is 4.56. The first kappa shape index (κ1) is 19.5. The Labute approximate surface area is 169 Å². The maximum absolute atomic E-state index is 12.0. The molecule has 2 aromatic carbocycles. The van der Waals surface area contributed by atoms with E-state index in [1.807, 2.05) is 6.92 Å². The number of carbonyl (C=O) groups is 1. The van der Waals surface area contributed by atoms with Gasteiger partial charge in [0, 0.05) is 22.0 Å². The lowest BCUT2D eigenvalue weighted by Gasteiger charge is -2.05. The molecule has 140 valence electrons. The van der Waals surface area contributed by atoms with Gasteiger partial charge < -0.3 is 14.4 Å². The lowest BCUT2D eigenvalue weighted by Crippen LogP contribution is -2.08. The van der Waals surface area contributed by atoms with Crippen molar-refractivity contribution < 1.29 is 14.6 Å². The molecular formula is C18H14Cl3N3O3. The molecule has 0 atom stereocenters. The summed E-state index contributed by atoms with van der Waals surface area (Å²) in [7, 11) is 0. The van der Waals surface area contributed by atoms with E-state index in [1.54, 1.807) is 34.9 Å². The number of aryl methyl sites for hydroxylation is 1. The fraction of sp³-hybridized carbons (Fsp3) is 0.167. The molecule has 27 heavy (non-hydrogen) atoms. The monoisotopic (exact) mass is 425 g/mol. The number of azo groups is 1. The normalized spacial score (nSPS) is 11.4. The molecule has 0 bridgehead atoms. The Bertz CT molecular complexity index is 1050. The molecule has 1 N–H and O–H groups in total. The Kier molecular flexibility index (Phi) is 5.89. The van der Waals surface area contributed by atoms with Crippen LogP contribution in [0.2, 0.25) is 15.1 Å². The number of hydrogen-bond acceptors (Lipinski definition) is 4. The Morgan fingerprint density at radius 1 is 1.15 bits per heavy atom. The Balaban J connectivity index is 1.80. The molecule has 1 heterocycles. The molecule has 0 aliphatic heterocycles. The molecular weight excluding hydrogens is 413 g/mol. The second kappa shape index (κ2) is 8.17. The smallest absolute Gasteiger partial charge is 0.302 e. The molecule has 9 heteroatoms. The first-order valence-electron chi connectivity index (χ1n) is 7.93. The topological polar surface area (TPSA) is 76.2 Å². The molecule has 0 aliphatic rings. The van der Waals surface area contributed by atoms with Crippen LogP contribution in [0.4, 0.5) is 5.69 Å². The van der Waals surface area contributed by atoms with E-state index in [2.05, 4.69) is 10.2 Å². The lowest BCUT2D eigenvalue weighted by atomic mass is 10.2. The summed E-state index contributed by atoms with van der Waals surface area (Å²) in [5.41, 5.74) is 0.914. The number of aromatic hydroxyl groups is 1. The summed E-state index contributed by atoms with van der Waals surface area (Å²) in [6, 6.07) is 9.80. The van der Waals surface area contributed by atoms with Gasteiger partial charge in [-0.05, 0) is 43.3 Å². The number of fused-ring (bicyclic) bond motifs is 1. The minimum absolute atomic E-state index is 0.0898.